The maximum Gasteiger partial charge on any atom is 0.267 e. The van der Waals surface area contributed by atoms with Gasteiger partial charge in [-0.3, -0.25) is 20.0 Å². The summed E-state index contributed by atoms with van der Waals surface area (Å²) >= 11 is 1.51. The molecule has 0 fully saturated rings. The van der Waals surface area contributed by atoms with Crippen LogP contribution in [0.4, 0.5) is 5.95 Å². The molecule has 0 aliphatic carbocycles. The Hall–Kier alpha value is -2.81. The summed E-state index contributed by atoms with van der Waals surface area (Å²) in [6.45, 7) is 3.72. The third-order valence-electron chi connectivity index (χ3n) is 3.23. The molecule has 124 valence electrons. The minimum Gasteiger partial charge on any atom is -0.292 e. The van der Waals surface area contributed by atoms with Crippen molar-refractivity contribution in [2.45, 2.75) is 26.3 Å². The quantitative estimate of drug-likeness (QED) is 0.735. The van der Waals surface area contributed by atoms with E-state index in [1.807, 2.05) is 31.4 Å². The van der Waals surface area contributed by atoms with Gasteiger partial charge in [0, 0.05) is 12.0 Å². The van der Waals surface area contributed by atoms with Crippen LogP contribution in [0.2, 0.25) is 0 Å². The van der Waals surface area contributed by atoms with Gasteiger partial charge in [-0.1, -0.05) is 19.9 Å². The highest BCUT2D eigenvalue weighted by atomic mass is 32.1. The monoisotopic (exact) mass is 344 g/mol. The molecule has 8 nitrogen and oxygen atoms in total. The van der Waals surface area contributed by atoms with E-state index in [1.165, 1.54) is 17.4 Å². The van der Waals surface area contributed by atoms with Crippen LogP contribution >= 0.6 is 11.3 Å². The van der Waals surface area contributed by atoms with Crippen LogP contribution in [0, 0.1) is 0 Å². The molecule has 0 aromatic carbocycles. The van der Waals surface area contributed by atoms with E-state index in [0.717, 1.165) is 9.56 Å². The average Bonchev–Trinajstić information content (AvgIpc) is 3.20. The number of amides is 1. The molecular formula is C15H16N6O2S. The molecule has 3 heterocycles. The van der Waals surface area contributed by atoms with Crippen LogP contribution in [-0.4, -0.2) is 30.9 Å². The first-order valence-electron chi connectivity index (χ1n) is 7.37. The zero-order valence-electron chi connectivity index (χ0n) is 13.2. The molecule has 0 atom stereocenters. The predicted octanol–water partition coefficient (Wildman–Crippen LogP) is 1.85. The number of carbonyl (C=O) groups excluding carboxylic acids is 1. The Labute approximate surface area is 141 Å². The average molecular weight is 344 g/mol. The fourth-order valence-corrected chi connectivity index (χ4v) is 2.70. The van der Waals surface area contributed by atoms with Crippen molar-refractivity contribution in [1.29, 1.82) is 0 Å². The number of rotatable bonds is 5. The van der Waals surface area contributed by atoms with Crippen molar-refractivity contribution in [2.75, 3.05) is 5.32 Å². The third kappa shape index (κ3) is 3.57. The number of nitrogens with one attached hydrogen (secondary N) is 2. The Kier molecular flexibility index (Phi) is 4.52. The van der Waals surface area contributed by atoms with Gasteiger partial charge in [-0.05, 0) is 17.5 Å². The lowest BCUT2D eigenvalue weighted by molar-refractivity contribution is -0.117. The van der Waals surface area contributed by atoms with Gasteiger partial charge in [0.15, 0.2) is 0 Å². The fraction of sp³-hybridized carbons (Fsp3) is 0.267. The van der Waals surface area contributed by atoms with Gasteiger partial charge in [0.25, 0.3) is 5.56 Å². The topological polar surface area (TPSA) is 106 Å². The first kappa shape index (κ1) is 16.1. The smallest absolute Gasteiger partial charge is 0.267 e. The van der Waals surface area contributed by atoms with Crippen LogP contribution in [-0.2, 0) is 11.3 Å². The number of aromatic nitrogens is 5. The van der Waals surface area contributed by atoms with Crippen LogP contribution in [0.3, 0.4) is 0 Å². The van der Waals surface area contributed by atoms with Gasteiger partial charge in [0.05, 0.1) is 4.88 Å². The number of anilines is 1. The van der Waals surface area contributed by atoms with E-state index in [9.17, 15) is 9.59 Å². The Morgan fingerprint density at radius 3 is 2.88 bits per heavy atom. The molecule has 0 unspecified atom stereocenters. The molecule has 2 N–H and O–H groups in total. The Balaban J connectivity index is 1.74. The first-order chi connectivity index (χ1) is 11.5. The minimum atomic E-state index is -0.415. The van der Waals surface area contributed by atoms with Crippen LogP contribution in [0.5, 0.6) is 0 Å². The summed E-state index contributed by atoms with van der Waals surface area (Å²) in [6.07, 6.45) is 0. The maximum absolute atomic E-state index is 12.1. The summed E-state index contributed by atoms with van der Waals surface area (Å²) in [7, 11) is 0. The van der Waals surface area contributed by atoms with E-state index in [1.54, 1.807) is 6.07 Å². The number of carbonyl (C=O) groups is 1. The van der Waals surface area contributed by atoms with Crippen LogP contribution in [0.15, 0.2) is 34.4 Å². The Morgan fingerprint density at radius 2 is 2.21 bits per heavy atom. The van der Waals surface area contributed by atoms with Crippen molar-refractivity contribution < 1.29 is 4.79 Å². The molecule has 0 aliphatic heterocycles. The lowest BCUT2D eigenvalue weighted by Crippen LogP contribution is -2.29. The van der Waals surface area contributed by atoms with Gasteiger partial charge in [-0.25, -0.2) is 4.68 Å². The van der Waals surface area contributed by atoms with E-state index in [0.29, 0.717) is 11.5 Å². The molecular weight excluding hydrogens is 328 g/mol. The van der Waals surface area contributed by atoms with Gasteiger partial charge in [-0.2, -0.15) is 10.1 Å². The fourth-order valence-electron chi connectivity index (χ4n) is 2.01. The second-order valence-corrected chi connectivity index (χ2v) is 6.39. The molecule has 3 aromatic heterocycles. The van der Waals surface area contributed by atoms with Crippen LogP contribution in [0.25, 0.3) is 10.6 Å². The molecule has 1 amide bonds. The first-order valence-corrected chi connectivity index (χ1v) is 8.25. The zero-order chi connectivity index (χ0) is 17.1. The van der Waals surface area contributed by atoms with Gasteiger partial charge in [0.2, 0.25) is 11.9 Å². The summed E-state index contributed by atoms with van der Waals surface area (Å²) in [5.41, 5.74) is 0.306. The van der Waals surface area contributed by atoms with Gasteiger partial charge in [0.1, 0.15) is 18.1 Å². The van der Waals surface area contributed by atoms with Crippen LogP contribution < -0.4 is 10.9 Å². The molecule has 3 rings (SSSR count). The highest BCUT2D eigenvalue weighted by Crippen LogP contribution is 2.21. The van der Waals surface area contributed by atoms with E-state index >= 15 is 0 Å². The summed E-state index contributed by atoms with van der Waals surface area (Å²) < 4.78 is 1.13. The number of hydrogen-bond acceptors (Lipinski definition) is 6. The number of aromatic amines is 1. The second kappa shape index (κ2) is 6.75. The lowest BCUT2D eigenvalue weighted by atomic mass is 10.2. The maximum atomic E-state index is 12.1. The van der Waals surface area contributed by atoms with E-state index in [-0.39, 0.29) is 24.0 Å². The molecule has 0 saturated heterocycles. The van der Waals surface area contributed by atoms with E-state index in [2.05, 4.69) is 25.6 Å². The molecule has 0 saturated carbocycles. The molecule has 0 aliphatic rings. The molecule has 9 heteroatoms. The number of nitrogens with zero attached hydrogens (tertiary/aromatic N) is 4. The predicted molar refractivity (Wildman–Crippen MR) is 90.9 cm³/mol. The van der Waals surface area contributed by atoms with Gasteiger partial charge < -0.3 is 0 Å². The highest BCUT2D eigenvalue weighted by Gasteiger charge is 2.12. The van der Waals surface area contributed by atoms with Crippen molar-refractivity contribution in [2.24, 2.45) is 0 Å². The van der Waals surface area contributed by atoms with Crippen molar-refractivity contribution in [3.63, 3.8) is 0 Å². The highest BCUT2D eigenvalue weighted by molar-refractivity contribution is 7.13. The standard InChI is InChI=1S/C15H16N6O2S/c1-9(2)14-17-15(19-18-14)16-12(22)8-21-13(23)6-5-10(20-21)11-4-3-7-24-11/h3-7,9H,8H2,1-2H3,(H2,16,17,18,19,22). The Bertz CT molecular complexity index is 897. The van der Waals surface area contributed by atoms with Gasteiger partial charge in [-0.15, -0.1) is 16.4 Å². The number of H-pyrrole nitrogens is 1. The summed E-state index contributed by atoms with van der Waals surface area (Å²) in [4.78, 5) is 29.1. The Morgan fingerprint density at radius 1 is 1.38 bits per heavy atom. The number of hydrogen-bond donors (Lipinski definition) is 2. The molecule has 0 spiro atoms. The van der Waals surface area contributed by atoms with Crippen molar-refractivity contribution in [1.82, 2.24) is 25.0 Å². The number of thiophene rings is 1. The van der Waals surface area contributed by atoms with Crippen molar-refractivity contribution in [3.8, 4) is 10.6 Å². The van der Waals surface area contributed by atoms with E-state index in [4.69, 9.17) is 0 Å². The minimum absolute atomic E-state index is 0.176. The molecule has 0 radical (unpaired) electrons. The summed E-state index contributed by atoms with van der Waals surface area (Å²) in [5, 5.41) is 15.4. The largest absolute Gasteiger partial charge is 0.292 e. The molecule has 24 heavy (non-hydrogen) atoms. The van der Waals surface area contributed by atoms with Crippen molar-refractivity contribution in [3.05, 3.63) is 45.8 Å². The van der Waals surface area contributed by atoms with E-state index < -0.39 is 5.91 Å². The van der Waals surface area contributed by atoms with Crippen LogP contribution in [0.1, 0.15) is 25.6 Å². The van der Waals surface area contributed by atoms with Crippen molar-refractivity contribution >= 4 is 23.2 Å². The lowest BCUT2D eigenvalue weighted by Gasteiger charge is -2.05. The third-order valence-corrected chi connectivity index (χ3v) is 4.13. The second-order valence-electron chi connectivity index (χ2n) is 5.44. The zero-order valence-corrected chi connectivity index (χ0v) is 14.0. The molecule has 0 bridgehead atoms. The SMILES string of the molecule is CC(C)c1nc(NC(=O)Cn2nc(-c3cccs3)ccc2=O)n[nH]1. The normalized spacial score (nSPS) is 11.0. The summed E-state index contributed by atoms with van der Waals surface area (Å²) in [5.74, 6) is 0.628. The summed E-state index contributed by atoms with van der Waals surface area (Å²) in [6, 6.07) is 6.86. The molecule has 3 aromatic rings. The van der Waals surface area contributed by atoms with Gasteiger partial charge >= 0.3 is 0 Å².